The Bertz CT molecular complexity index is 2580. The fourth-order valence-corrected chi connectivity index (χ4v) is 6.68. The first-order valence-corrected chi connectivity index (χ1v) is 17.5. The van der Waals surface area contributed by atoms with Gasteiger partial charge in [0.25, 0.3) is 0 Å². The van der Waals surface area contributed by atoms with Crippen LogP contribution >= 0.6 is 0 Å². The van der Waals surface area contributed by atoms with Crippen molar-refractivity contribution < 1.29 is 52.8 Å². The Hall–Kier alpha value is -7.79. The van der Waals surface area contributed by atoms with Gasteiger partial charge in [0, 0.05) is 0 Å². The third-order valence-corrected chi connectivity index (χ3v) is 9.70. The molecule has 4 N–H and O–H groups in total. The zero-order chi connectivity index (χ0) is 41.3. The quantitative estimate of drug-likeness (QED) is 0.107. The number of alkyl halides is 3. The van der Waals surface area contributed by atoms with Gasteiger partial charge in [-0.3, -0.25) is 0 Å². The van der Waals surface area contributed by atoms with Crippen molar-refractivity contribution in [2.75, 3.05) is 0 Å². The third-order valence-electron chi connectivity index (χ3n) is 9.70. The van der Waals surface area contributed by atoms with E-state index >= 15 is 13.2 Å². The Morgan fingerprint density at radius 3 is 0.810 bits per heavy atom. The number of rotatable bonds is 10. The molecule has 0 saturated carbocycles. The molecule has 0 unspecified atom stereocenters. The minimum atomic E-state index is -4.84. The number of carboxylic acid groups (broad SMARTS) is 4. The van der Waals surface area contributed by atoms with Crippen molar-refractivity contribution in [2.45, 2.75) is 6.18 Å². The molecule has 7 rings (SSSR count). The van der Waals surface area contributed by atoms with Gasteiger partial charge in [-0.25, -0.2) is 19.2 Å². The van der Waals surface area contributed by atoms with Crippen LogP contribution in [0.1, 0.15) is 47.0 Å². The fraction of sp³-hybridized carbons (Fsp3) is 0.0213. The molecule has 286 valence electrons. The summed E-state index contributed by atoms with van der Waals surface area (Å²) in [7, 11) is 0. The molecule has 8 nitrogen and oxygen atoms in total. The first-order chi connectivity index (χ1) is 27.6. The smallest absolute Gasteiger partial charge is 0.417 e. The SMILES string of the molecule is O=C(O)c1ccc(-c2cc(-c3ccc(C(=O)O)cc3)cc(-c3ccc(-c4cc(-c5ccc(C(=O)O)cc5)cc(-c5ccc(C(=O)O)cc5)c4)c(C(F)(F)F)c3)c2)cc1. The van der Waals surface area contributed by atoms with E-state index in [0.29, 0.717) is 50.1 Å². The molecule has 7 aromatic rings. The second-order valence-electron chi connectivity index (χ2n) is 13.4. The largest absolute Gasteiger partial charge is 0.478 e. The Morgan fingerprint density at radius 1 is 0.310 bits per heavy atom. The topological polar surface area (TPSA) is 149 Å². The summed E-state index contributed by atoms with van der Waals surface area (Å²) in [6.45, 7) is 0. The molecule has 0 spiro atoms. The summed E-state index contributed by atoms with van der Waals surface area (Å²) in [5.41, 5.74) is 4.29. The molecule has 7 aromatic carbocycles. The van der Waals surface area contributed by atoms with Crippen molar-refractivity contribution in [2.24, 2.45) is 0 Å². The highest BCUT2D eigenvalue weighted by molar-refractivity contribution is 5.92. The summed E-state index contributed by atoms with van der Waals surface area (Å²) < 4.78 is 45.6. The van der Waals surface area contributed by atoms with E-state index in [4.69, 9.17) is 0 Å². The van der Waals surface area contributed by atoms with Crippen molar-refractivity contribution in [1.82, 2.24) is 0 Å². The van der Waals surface area contributed by atoms with Crippen LogP contribution in [0, 0.1) is 0 Å². The summed E-state index contributed by atoms with van der Waals surface area (Å²) in [5, 5.41) is 37.7. The van der Waals surface area contributed by atoms with Gasteiger partial charge in [-0.05, 0) is 158 Å². The molecule has 0 atom stereocenters. The number of carboxylic acids is 4. The van der Waals surface area contributed by atoms with Crippen molar-refractivity contribution in [3.63, 3.8) is 0 Å². The summed E-state index contributed by atoms with van der Waals surface area (Å²) in [5.74, 6) is -4.52. The number of hydrogen-bond donors (Lipinski definition) is 4. The van der Waals surface area contributed by atoms with E-state index in [9.17, 15) is 39.6 Å². The van der Waals surface area contributed by atoms with Crippen molar-refractivity contribution >= 4 is 23.9 Å². The first-order valence-electron chi connectivity index (χ1n) is 17.5. The van der Waals surface area contributed by atoms with Crippen LogP contribution in [-0.2, 0) is 6.18 Å². The van der Waals surface area contributed by atoms with Gasteiger partial charge >= 0.3 is 30.1 Å². The fourth-order valence-electron chi connectivity index (χ4n) is 6.68. The minimum Gasteiger partial charge on any atom is -0.478 e. The molecule has 0 saturated heterocycles. The molecular weight excluding hydrogens is 750 g/mol. The van der Waals surface area contributed by atoms with Crippen molar-refractivity contribution in [1.29, 1.82) is 0 Å². The number of benzene rings is 7. The average Bonchev–Trinajstić information content (AvgIpc) is 3.23. The number of halogens is 3. The van der Waals surface area contributed by atoms with Gasteiger partial charge in [-0.2, -0.15) is 13.2 Å². The van der Waals surface area contributed by atoms with Gasteiger partial charge in [0.15, 0.2) is 0 Å². The molecule has 0 aromatic heterocycles. The summed E-state index contributed by atoms with van der Waals surface area (Å²) >= 11 is 0. The minimum absolute atomic E-state index is 0.0288. The molecule has 0 radical (unpaired) electrons. The van der Waals surface area contributed by atoms with Crippen LogP contribution in [0.2, 0.25) is 0 Å². The van der Waals surface area contributed by atoms with E-state index in [-0.39, 0.29) is 38.9 Å². The zero-order valence-electron chi connectivity index (χ0n) is 30.0. The maximum absolute atomic E-state index is 15.2. The molecule has 0 bridgehead atoms. The van der Waals surface area contributed by atoms with E-state index in [2.05, 4.69) is 0 Å². The van der Waals surface area contributed by atoms with Crippen LogP contribution < -0.4 is 0 Å². The van der Waals surface area contributed by atoms with Gasteiger partial charge in [-0.15, -0.1) is 0 Å². The molecule has 11 heteroatoms. The molecule has 0 fully saturated rings. The standard InChI is InChI=1S/C47H29F3O8/c48-47(49,50)42-25-34(39-21-35(26-1-9-30(10-2-26)43(51)52)19-36(22-39)27-3-11-31(12-4-27)44(53)54)17-18-41(42)40-23-37(28-5-13-32(14-6-28)45(55)56)20-38(24-40)29-7-15-33(16-8-29)46(57)58/h1-25H,(H,51,52)(H,53,54)(H,55,56)(H,57,58). The van der Waals surface area contributed by atoms with Crippen LogP contribution in [-0.4, -0.2) is 44.3 Å². The monoisotopic (exact) mass is 778 g/mol. The van der Waals surface area contributed by atoms with Gasteiger partial charge in [-0.1, -0.05) is 60.7 Å². The molecule has 0 aliphatic carbocycles. The molecule has 0 aliphatic rings. The highest BCUT2D eigenvalue weighted by Crippen LogP contribution is 2.43. The van der Waals surface area contributed by atoms with Gasteiger partial charge in [0.2, 0.25) is 0 Å². The maximum atomic E-state index is 15.2. The van der Waals surface area contributed by atoms with Crippen molar-refractivity contribution in [3.8, 4) is 66.8 Å². The number of hydrogen-bond acceptors (Lipinski definition) is 4. The lowest BCUT2D eigenvalue weighted by atomic mass is 9.88. The summed E-state index contributed by atoms with van der Waals surface area (Å²) in [4.78, 5) is 46.1. The normalized spacial score (nSPS) is 11.2. The summed E-state index contributed by atoms with van der Waals surface area (Å²) in [6, 6.07) is 37.9. The molecule has 58 heavy (non-hydrogen) atoms. The predicted molar refractivity (Wildman–Crippen MR) is 212 cm³/mol. The number of carbonyl (C=O) groups is 4. The van der Waals surface area contributed by atoms with Crippen molar-refractivity contribution in [3.05, 3.63) is 179 Å². The first kappa shape index (κ1) is 38.5. The lowest BCUT2D eigenvalue weighted by molar-refractivity contribution is -0.137. The molecule has 0 aliphatic heterocycles. The maximum Gasteiger partial charge on any atom is 0.417 e. The zero-order valence-corrected chi connectivity index (χ0v) is 30.0. The van der Waals surface area contributed by atoms with E-state index in [1.807, 2.05) is 0 Å². The van der Waals surface area contributed by atoms with Crippen LogP contribution in [0.5, 0.6) is 0 Å². The average molecular weight is 779 g/mol. The van der Waals surface area contributed by atoms with E-state index in [1.54, 1.807) is 91.0 Å². The second-order valence-corrected chi connectivity index (χ2v) is 13.4. The highest BCUT2D eigenvalue weighted by Gasteiger charge is 2.34. The van der Waals surface area contributed by atoms with E-state index in [0.717, 1.165) is 6.07 Å². The third kappa shape index (κ3) is 8.10. The predicted octanol–water partition coefficient (Wildman–Crippen LogP) is 11.5. The van der Waals surface area contributed by atoms with E-state index < -0.39 is 35.6 Å². The molecule has 0 heterocycles. The molecule has 0 amide bonds. The Morgan fingerprint density at radius 2 is 0.552 bits per heavy atom. The highest BCUT2D eigenvalue weighted by atomic mass is 19.4. The lowest BCUT2D eigenvalue weighted by Gasteiger charge is -2.18. The Kier molecular flexibility index (Phi) is 10.2. The molecular formula is C47H29F3O8. The Balaban J connectivity index is 1.40. The van der Waals surface area contributed by atoms with Crippen LogP contribution in [0.15, 0.2) is 152 Å². The number of aromatic carboxylic acids is 4. The Labute approximate surface area is 328 Å². The van der Waals surface area contributed by atoms with Crippen LogP contribution in [0.25, 0.3) is 66.8 Å². The van der Waals surface area contributed by atoms with Gasteiger partial charge in [0.05, 0.1) is 27.8 Å². The van der Waals surface area contributed by atoms with Gasteiger partial charge in [0.1, 0.15) is 0 Å². The summed E-state index contributed by atoms with van der Waals surface area (Å²) in [6.07, 6.45) is -4.84. The van der Waals surface area contributed by atoms with Crippen LogP contribution in [0.4, 0.5) is 13.2 Å². The van der Waals surface area contributed by atoms with Crippen LogP contribution in [0.3, 0.4) is 0 Å². The van der Waals surface area contributed by atoms with Gasteiger partial charge < -0.3 is 20.4 Å². The lowest BCUT2D eigenvalue weighted by Crippen LogP contribution is -2.07. The second kappa shape index (κ2) is 15.4. The van der Waals surface area contributed by atoms with E-state index in [1.165, 1.54) is 54.6 Å².